The van der Waals surface area contributed by atoms with Crippen LogP contribution in [0.5, 0.6) is 0 Å². The van der Waals surface area contributed by atoms with Crippen LogP contribution in [0.4, 0.5) is 0 Å². The highest BCUT2D eigenvalue weighted by Gasteiger charge is 2.22. The first-order valence-corrected chi connectivity index (χ1v) is 9.26. The fraction of sp³-hybridized carbons (Fsp3) is 0.409. The van der Waals surface area contributed by atoms with Crippen LogP contribution >= 0.6 is 0 Å². The molecule has 2 atom stereocenters. The van der Waals surface area contributed by atoms with Gasteiger partial charge in [0.15, 0.2) is 0 Å². The van der Waals surface area contributed by atoms with Crippen molar-refractivity contribution in [3.8, 4) is 0 Å². The molecule has 0 aromatic heterocycles. The summed E-state index contributed by atoms with van der Waals surface area (Å²) < 4.78 is 0. The van der Waals surface area contributed by atoms with Gasteiger partial charge in [0.2, 0.25) is 5.91 Å². The third-order valence-electron chi connectivity index (χ3n) is 5.01. The molecule has 132 valence electrons. The van der Waals surface area contributed by atoms with Crippen molar-refractivity contribution in [2.45, 2.75) is 32.7 Å². The Morgan fingerprint density at radius 1 is 1.12 bits per heavy atom. The lowest BCUT2D eigenvalue weighted by Crippen LogP contribution is -2.44. The van der Waals surface area contributed by atoms with Gasteiger partial charge >= 0.3 is 0 Å². The monoisotopic (exact) mass is 336 g/mol. The molecule has 1 saturated heterocycles. The van der Waals surface area contributed by atoms with Crippen LogP contribution in [0.2, 0.25) is 0 Å². The van der Waals surface area contributed by atoms with Crippen LogP contribution in [0.15, 0.2) is 54.6 Å². The topological polar surface area (TPSA) is 32.3 Å². The average Bonchev–Trinajstić information content (AvgIpc) is 2.64. The van der Waals surface area contributed by atoms with E-state index in [1.165, 1.54) is 23.1 Å². The number of carbonyl (C=O) groups is 1. The van der Waals surface area contributed by atoms with E-state index in [4.69, 9.17) is 0 Å². The number of nitrogens with zero attached hydrogens (tertiary/aromatic N) is 1. The number of benzene rings is 2. The molecule has 2 unspecified atom stereocenters. The minimum Gasteiger partial charge on any atom is -0.341 e. The summed E-state index contributed by atoms with van der Waals surface area (Å²) in [5.41, 5.74) is 3.62. The maximum absolute atomic E-state index is 12.6. The molecule has 2 aromatic carbocycles. The van der Waals surface area contributed by atoms with Gasteiger partial charge < -0.3 is 4.90 Å². The molecule has 1 N–H and O–H groups in total. The standard InChI is InChI=1S/C22H28N2O/c1-17-10-12-20(13-11-17)22(19-8-4-3-5-9-19)23-15-21(25)24-14-6-7-18(2)16-24/h3-5,8-13,18,22-23H,6-7,14-16H2,1-2H3. The summed E-state index contributed by atoms with van der Waals surface area (Å²) in [5, 5.41) is 3.49. The summed E-state index contributed by atoms with van der Waals surface area (Å²) in [6, 6.07) is 18.9. The lowest BCUT2D eigenvalue weighted by Gasteiger charge is -2.31. The van der Waals surface area contributed by atoms with Crippen LogP contribution < -0.4 is 5.32 Å². The SMILES string of the molecule is Cc1ccc(C(NCC(=O)N2CCCC(C)C2)c2ccccc2)cc1. The zero-order chi connectivity index (χ0) is 17.6. The molecule has 2 aromatic rings. The van der Waals surface area contributed by atoms with Gasteiger partial charge in [-0.1, -0.05) is 67.1 Å². The fourth-order valence-corrected chi connectivity index (χ4v) is 3.55. The van der Waals surface area contributed by atoms with Gasteiger partial charge in [0, 0.05) is 13.1 Å². The third-order valence-corrected chi connectivity index (χ3v) is 5.01. The Hall–Kier alpha value is -2.13. The number of likely N-dealkylation sites (tertiary alicyclic amines) is 1. The number of piperidine rings is 1. The van der Waals surface area contributed by atoms with Crippen LogP contribution in [0.25, 0.3) is 0 Å². The van der Waals surface area contributed by atoms with Gasteiger partial charge in [0.1, 0.15) is 0 Å². The van der Waals surface area contributed by atoms with E-state index in [0.717, 1.165) is 19.5 Å². The smallest absolute Gasteiger partial charge is 0.236 e. The molecule has 3 rings (SSSR count). The summed E-state index contributed by atoms with van der Waals surface area (Å²) in [7, 11) is 0. The van der Waals surface area contributed by atoms with Crippen LogP contribution in [0.3, 0.4) is 0 Å². The van der Waals surface area contributed by atoms with Crippen molar-refractivity contribution < 1.29 is 4.79 Å². The van der Waals surface area contributed by atoms with E-state index in [1.54, 1.807) is 0 Å². The number of amides is 1. The van der Waals surface area contributed by atoms with Crippen molar-refractivity contribution in [1.82, 2.24) is 10.2 Å². The minimum atomic E-state index is 0.0352. The number of nitrogens with one attached hydrogen (secondary N) is 1. The summed E-state index contributed by atoms with van der Waals surface area (Å²) in [5.74, 6) is 0.819. The van der Waals surface area contributed by atoms with Gasteiger partial charge in [-0.3, -0.25) is 10.1 Å². The first-order chi connectivity index (χ1) is 12.1. The number of hydrogen-bond donors (Lipinski definition) is 1. The molecule has 0 radical (unpaired) electrons. The van der Waals surface area contributed by atoms with Crippen molar-refractivity contribution in [3.63, 3.8) is 0 Å². The van der Waals surface area contributed by atoms with Crippen molar-refractivity contribution >= 4 is 5.91 Å². The molecule has 1 amide bonds. The lowest BCUT2D eigenvalue weighted by molar-refractivity contribution is -0.132. The molecule has 0 spiro atoms. The summed E-state index contributed by atoms with van der Waals surface area (Å²) in [4.78, 5) is 14.6. The van der Waals surface area contributed by atoms with E-state index in [9.17, 15) is 4.79 Å². The Balaban J connectivity index is 1.72. The normalized spacial score (nSPS) is 18.8. The highest BCUT2D eigenvalue weighted by Crippen LogP contribution is 2.22. The van der Waals surface area contributed by atoms with E-state index in [1.807, 2.05) is 23.1 Å². The second kappa shape index (κ2) is 8.30. The summed E-state index contributed by atoms with van der Waals surface area (Å²) in [6.45, 7) is 6.48. The maximum atomic E-state index is 12.6. The summed E-state index contributed by atoms with van der Waals surface area (Å²) in [6.07, 6.45) is 2.35. The second-order valence-electron chi connectivity index (χ2n) is 7.22. The largest absolute Gasteiger partial charge is 0.341 e. The van der Waals surface area contributed by atoms with E-state index in [-0.39, 0.29) is 11.9 Å². The van der Waals surface area contributed by atoms with Gasteiger partial charge in [-0.25, -0.2) is 0 Å². The zero-order valence-corrected chi connectivity index (χ0v) is 15.2. The van der Waals surface area contributed by atoms with E-state index in [0.29, 0.717) is 12.5 Å². The Labute approximate surface area is 151 Å². The van der Waals surface area contributed by atoms with Crippen LogP contribution in [-0.4, -0.2) is 30.4 Å². The predicted octanol–water partition coefficient (Wildman–Crippen LogP) is 3.93. The molecule has 1 aliphatic heterocycles. The third kappa shape index (κ3) is 4.70. The highest BCUT2D eigenvalue weighted by molar-refractivity contribution is 5.78. The van der Waals surface area contributed by atoms with Gasteiger partial charge in [0.05, 0.1) is 12.6 Å². The average molecular weight is 336 g/mol. The minimum absolute atomic E-state index is 0.0352. The molecular formula is C22H28N2O. The van der Waals surface area contributed by atoms with Crippen LogP contribution in [0, 0.1) is 12.8 Å². The second-order valence-corrected chi connectivity index (χ2v) is 7.22. The van der Waals surface area contributed by atoms with Crippen LogP contribution in [0.1, 0.15) is 42.5 Å². The van der Waals surface area contributed by atoms with Crippen molar-refractivity contribution in [2.24, 2.45) is 5.92 Å². The molecule has 0 bridgehead atoms. The van der Waals surface area contributed by atoms with Crippen LogP contribution in [-0.2, 0) is 4.79 Å². The fourth-order valence-electron chi connectivity index (χ4n) is 3.55. The molecule has 1 aliphatic rings. The first kappa shape index (κ1) is 17.7. The van der Waals surface area contributed by atoms with Gasteiger partial charge in [-0.05, 0) is 36.8 Å². The number of aryl methyl sites for hydroxylation is 1. The zero-order valence-electron chi connectivity index (χ0n) is 15.2. The molecule has 3 heteroatoms. The molecule has 1 heterocycles. The molecular weight excluding hydrogens is 308 g/mol. The molecule has 0 saturated carbocycles. The Morgan fingerprint density at radius 3 is 2.48 bits per heavy atom. The first-order valence-electron chi connectivity index (χ1n) is 9.26. The maximum Gasteiger partial charge on any atom is 0.236 e. The van der Waals surface area contributed by atoms with Crippen molar-refractivity contribution in [2.75, 3.05) is 19.6 Å². The van der Waals surface area contributed by atoms with Crippen molar-refractivity contribution in [1.29, 1.82) is 0 Å². The molecule has 25 heavy (non-hydrogen) atoms. The highest BCUT2D eigenvalue weighted by atomic mass is 16.2. The quantitative estimate of drug-likeness (QED) is 0.897. The van der Waals surface area contributed by atoms with E-state index in [2.05, 4.69) is 55.6 Å². The van der Waals surface area contributed by atoms with E-state index < -0.39 is 0 Å². The van der Waals surface area contributed by atoms with Crippen molar-refractivity contribution in [3.05, 3.63) is 71.3 Å². The Morgan fingerprint density at radius 2 is 1.80 bits per heavy atom. The number of carbonyl (C=O) groups excluding carboxylic acids is 1. The van der Waals surface area contributed by atoms with E-state index >= 15 is 0 Å². The molecule has 3 nitrogen and oxygen atoms in total. The summed E-state index contributed by atoms with van der Waals surface area (Å²) >= 11 is 0. The van der Waals surface area contributed by atoms with Gasteiger partial charge in [0.25, 0.3) is 0 Å². The molecule has 1 fully saturated rings. The Kier molecular flexibility index (Phi) is 5.87. The van der Waals surface area contributed by atoms with Gasteiger partial charge in [-0.2, -0.15) is 0 Å². The molecule has 0 aliphatic carbocycles. The number of rotatable bonds is 5. The number of hydrogen-bond acceptors (Lipinski definition) is 2. The van der Waals surface area contributed by atoms with Gasteiger partial charge in [-0.15, -0.1) is 0 Å². The predicted molar refractivity (Wildman–Crippen MR) is 102 cm³/mol. The lowest BCUT2D eigenvalue weighted by atomic mass is 9.97. The Bertz CT molecular complexity index is 681.